The van der Waals surface area contributed by atoms with Crippen molar-refractivity contribution in [3.8, 4) is 11.4 Å². The molecule has 0 N–H and O–H groups in total. The van der Waals surface area contributed by atoms with Crippen LogP contribution in [0.1, 0.15) is 17.9 Å². The molecule has 168 valence electrons. The van der Waals surface area contributed by atoms with Crippen LogP contribution in [0.5, 0.6) is 0 Å². The standard InChI is InChI=1S/C20H16F4N4O4/c21-15-7-5-13(6-8-15)19-25-17(32-26-19)9-10-18(29)27(12-20(22,23)24)11-14-3-1-2-4-16(14)28(30)31/h1-8H,9-12H2. The van der Waals surface area contributed by atoms with Crippen LogP contribution in [0.15, 0.2) is 53.1 Å². The predicted octanol–water partition coefficient (Wildman–Crippen LogP) is 4.31. The Kier molecular flexibility index (Phi) is 6.81. The van der Waals surface area contributed by atoms with Gasteiger partial charge in [0.05, 0.1) is 11.5 Å². The predicted molar refractivity (Wildman–Crippen MR) is 103 cm³/mol. The SMILES string of the molecule is O=C(CCc1nc(-c2ccc(F)cc2)no1)N(Cc1ccccc1[N+](=O)[O-])CC(F)(F)F. The molecule has 0 bridgehead atoms. The number of nitrogens with zero attached hydrogens (tertiary/aromatic N) is 4. The second-order valence-electron chi connectivity index (χ2n) is 6.77. The Morgan fingerprint density at radius 2 is 1.81 bits per heavy atom. The molecule has 2 aromatic carbocycles. The largest absolute Gasteiger partial charge is 0.406 e. The van der Waals surface area contributed by atoms with Crippen LogP contribution in [-0.2, 0) is 17.8 Å². The molecule has 0 radical (unpaired) electrons. The number of alkyl halides is 3. The third-order valence-corrected chi connectivity index (χ3v) is 4.40. The lowest BCUT2D eigenvalue weighted by atomic mass is 10.1. The molecule has 0 aliphatic carbocycles. The first-order chi connectivity index (χ1) is 15.1. The number of aromatic nitrogens is 2. The molecule has 0 aliphatic heterocycles. The van der Waals surface area contributed by atoms with Gasteiger partial charge in [-0.1, -0.05) is 23.4 Å². The van der Waals surface area contributed by atoms with E-state index in [1.165, 1.54) is 42.5 Å². The van der Waals surface area contributed by atoms with Gasteiger partial charge in [0.25, 0.3) is 5.69 Å². The fraction of sp³-hybridized carbons (Fsp3) is 0.250. The summed E-state index contributed by atoms with van der Waals surface area (Å²) in [6, 6.07) is 10.5. The molecule has 8 nitrogen and oxygen atoms in total. The second kappa shape index (κ2) is 9.54. The van der Waals surface area contributed by atoms with Crippen molar-refractivity contribution < 1.29 is 31.8 Å². The number of para-hydroxylation sites is 1. The lowest BCUT2D eigenvalue weighted by molar-refractivity contribution is -0.385. The first-order valence-corrected chi connectivity index (χ1v) is 9.28. The summed E-state index contributed by atoms with van der Waals surface area (Å²) in [4.78, 5) is 27.5. The van der Waals surface area contributed by atoms with Crippen LogP contribution in [0.3, 0.4) is 0 Å². The molecule has 0 unspecified atom stereocenters. The van der Waals surface area contributed by atoms with E-state index in [4.69, 9.17) is 4.52 Å². The molecule has 1 aromatic heterocycles. The van der Waals surface area contributed by atoms with Gasteiger partial charge in [-0.3, -0.25) is 14.9 Å². The van der Waals surface area contributed by atoms with Crippen molar-refractivity contribution in [2.75, 3.05) is 6.54 Å². The summed E-state index contributed by atoms with van der Waals surface area (Å²) in [7, 11) is 0. The van der Waals surface area contributed by atoms with Crippen LogP contribution in [0.4, 0.5) is 23.2 Å². The maximum absolute atomic E-state index is 13.0. The van der Waals surface area contributed by atoms with Crippen LogP contribution >= 0.6 is 0 Å². The highest BCUT2D eigenvalue weighted by Gasteiger charge is 2.34. The molecular formula is C20H16F4N4O4. The number of nitro groups is 1. The fourth-order valence-corrected chi connectivity index (χ4v) is 2.92. The van der Waals surface area contributed by atoms with E-state index < -0.39 is 35.9 Å². The zero-order valence-corrected chi connectivity index (χ0v) is 16.4. The third kappa shape index (κ3) is 6.09. The number of hydrogen-bond acceptors (Lipinski definition) is 6. The normalized spacial score (nSPS) is 11.4. The van der Waals surface area contributed by atoms with Crippen LogP contribution in [0.25, 0.3) is 11.4 Å². The number of carbonyl (C=O) groups excluding carboxylic acids is 1. The molecule has 1 heterocycles. The minimum atomic E-state index is -4.69. The molecule has 0 saturated carbocycles. The van der Waals surface area contributed by atoms with Gasteiger partial charge in [-0.2, -0.15) is 18.2 Å². The van der Waals surface area contributed by atoms with Crippen molar-refractivity contribution in [3.63, 3.8) is 0 Å². The topological polar surface area (TPSA) is 102 Å². The van der Waals surface area contributed by atoms with E-state index in [1.54, 1.807) is 0 Å². The Balaban J connectivity index is 1.71. The number of halogens is 4. The molecule has 12 heteroatoms. The number of carbonyl (C=O) groups is 1. The smallest absolute Gasteiger partial charge is 0.339 e. The number of amides is 1. The summed E-state index contributed by atoms with van der Waals surface area (Å²) < 4.78 is 57.1. The molecule has 0 saturated heterocycles. The Morgan fingerprint density at radius 1 is 1.12 bits per heavy atom. The molecule has 3 aromatic rings. The molecular weight excluding hydrogens is 436 g/mol. The quantitative estimate of drug-likeness (QED) is 0.287. The van der Waals surface area contributed by atoms with E-state index >= 15 is 0 Å². The highest BCUT2D eigenvalue weighted by atomic mass is 19.4. The van der Waals surface area contributed by atoms with Gasteiger partial charge in [0.2, 0.25) is 17.6 Å². The molecule has 3 rings (SSSR count). The van der Waals surface area contributed by atoms with Gasteiger partial charge in [0.1, 0.15) is 12.4 Å². The number of rotatable bonds is 8. The van der Waals surface area contributed by atoms with Crippen LogP contribution in [0, 0.1) is 15.9 Å². The summed E-state index contributed by atoms with van der Waals surface area (Å²) in [6.45, 7) is -2.15. The second-order valence-corrected chi connectivity index (χ2v) is 6.77. The lowest BCUT2D eigenvalue weighted by Crippen LogP contribution is -2.38. The average Bonchev–Trinajstić information content (AvgIpc) is 3.20. The van der Waals surface area contributed by atoms with E-state index in [9.17, 15) is 32.5 Å². The van der Waals surface area contributed by atoms with Crippen molar-refractivity contribution in [1.29, 1.82) is 0 Å². The number of aryl methyl sites for hydroxylation is 1. The Hall–Kier alpha value is -3.83. The van der Waals surface area contributed by atoms with Gasteiger partial charge in [0, 0.05) is 30.0 Å². The zero-order valence-electron chi connectivity index (χ0n) is 16.4. The van der Waals surface area contributed by atoms with Crippen molar-refractivity contribution in [1.82, 2.24) is 15.0 Å². The van der Waals surface area contributed by atoms with E-state index in [-0.39, 0.29) is 35.8 Å². The molecule has 0 spiro atoms. The summed E-state index contributed by atoms with van der Waals surface area (Å²) >= 11 is 0. The van der Waals surface area contributed by atoms with Crippen LogP contribution in [-0.4, -0.2) is 38.6 Å². The molecule has 1 amide bonds. The summed E-state index contributed by atoms with van der Waals surface area (Å²) in [5.41, 5.74) is 0.0580. The lowest BCUT2D eigenvalue weighted by Gasteiger charge is -2.24. The monoisotopic (exact) mass is 452 g/mol. The molecule has 0 fully saturated rings. The van der Waals surface area contributed by atoms with Gasteiger partial charge in [-0.05, 0) is 24.3 Å². The molecule has 32 heavy (non-hydrogen) atoms. The fourth-order valence-electron chi connectivity index (χ4n) is 2.92. The first kappa shape index (κ1) is 22.8. The Morgan fingerprint density at radius 3 is 2.47 bits per heavy atom. The first-order valence-electron chi connectivity index (χ1n) is 9.28. The van der Waals surface area contributed by atoms with Crippen molar-refractivity contribution in [2.24, 2.45) is 0 Å². The van der Waals surface area contributed by atoms with E-state index in [1.807, 2.05) is 0 Å². The highest BCUT2D eigenvalue weighted by Crippen LogP contribution is 2.24. The zero-order chi connectivity index (χ0) is 23.3. The molecule has 0 atom stereocenters. The van der Waals surface area contributed by atoms with Gasteiger partial charge in [0.15, 0.2) is 0 Å². The van der Waals surface area contributed by atoms with Gasteiger partial charge in [-0.15, -0.1) is 0 Å². The van der Waals surface area contributed by atoms with Gasteiger partial charge < -0.3 is 9.42 Å². The average molecular weight is 452 g/mol. The van der Waals surface area contributed by atoms with E-state index in [0.29, 0.717) is 10.5 Å². The van der Waals surface area contributed by atoms with Crippen LogP contribution in [0.2, 0.25) is 0 Å². The molecule has 0 aliphatic rings. The number of hydrogen-bond donors (Lipinski definition) is 0. The van der Waals surface area contributed by atoms with Gasteiger partial charge >= 0.3 is 6.18 Å². The summed E-state index contributed by atoms with van der Waals surface area (Å²) in [5, 5.41) is 14.8. The van der Waals surface area contributed by atoms with Crippen LogP contribution < -0.4 is 0 Å². The minimum Gasteiger partial charge on any atom is -0.339 e. The highest BCUT2D eigenvalue weighted by molar-refractivity contribution is 5.76. The maximum atomic E-state index is 13.0. The van der Waals surface area contributed by atoms with Gasteiger partial charge in [-0.25, -0.2) is 4.39 Å². The van der Waals surface area contributed by atoms with E-state index in [2.05, 4.69) is 10.1 Å². The van der Waals surface area contributed by atoms with Crippen molar-refractivity contribution in [3.05, 3.63) is 75.9 Å². The summed E-state index contributed by atoms with van der Waals surface area (Å²) in [5.74, 6) is -1.19. The maximum Gasteiger partial charge on any atom is 0.406 e. The van der Waals surface area contributed by atoms with Crippen molar-refractivity contribution in [2.45, 2.75) is 25.6 Å². The van der Waals surface area contributed by atoms with Crippen molar-refractivity contribution >= 4 is 11.6 Å². The number of benzene rings is 2. The van der Waals surface area contributed by atoms with E-state index in [0.717, 1.165) is 6.07 Å². The Bertz CT molecular complexity index is 1100. The summed E-state index contributed by atoms with van der Waals surface area (Å²) in [6.07, 6.45) is -5.22. The minimum absolute atomic E-state index is 0.00956. The third-order valence-electron chi connectivity index (χ3n) is 4.40. The number of nitro benzene ring substituents is 1. The Labute approximate surface area is 178 Å².